The molecule has 0 aliphatic carbocycles. The van der Waals surface area contributed by atoms with Gasteiger partial charge in [0.2, 0.25) is 65.0 Å². The first-order chi connectivity index (χ1) is 41.2. The van der Waals surface area contributed by atoms with E-state index in [-0.39, 0.29) is 13.0 Å². The van der Waals surface area contributed by atoms with Crippen LogP contribution in [-0.2, 0) is 86.3 Å². The Morgan fingerprint density at radius 3 is 1.02 bits per heavy atom. The molecule has 0 fully saturated rings. The van der Waals surface area contributed by atoms with Gasteiger partial charge in [-0.15, -0.1) is 0 Å². The molecule has 12 atom stereocenters. The van der Waals surface area contributed by atoms with Crippen LogP contribution in [0.15, 0.2) is 0 Å². The maximum absolute atomic E-state index is 13.9. The quantitative estimate of drug-likeness (QED) is 0.0199. The van der Waals surface area contributed by atoms with Crippen LogP contribution in [0.25, 0.3) is 0 Å². The summed E-state index contributed by atoms with van der Waals surface area (Å²) in [5.41, 5.74) is 16.9. The number of nitrogens with one attached hydrogen (secondary N) is 11. The normalized spacial score (nSPS) is 15.0. The average Bonchev–Trinajstić information content (AvgIpc) is 3.23. The third-order valence-electron chi connectivity index (χ3n) is 12.4. The number of Topliss-reactive ketones (excluding diaryl/α,β-unsaturated/α-hetero) is 1. The van der Waals surface area contributed by atoms with Crippen molar-refractivity contribution in [2.45, 2.75) is 160 Å². The van der Waals surface area contributed by atoms with E-state index in [1.165, 1.54) is 13.8 Å². The predicted octanol–water partition coefficient (Wildman–Crippen LogP) is -10.2. The van der Waals surface area contributed by atoms with Crippen LogP contribution in [0.1, 0.15) is 87.5 Å². The number of amides is 12. The zero-order valence-corrected chi connectivity index (χ0v) is 50.1. The molecule has 0 aromatic carbocycles. The second kappa shape index (κ2) is 39.3. The van der Waals surface area contributed by atoms with Crippen molar-refractivity contribution in [1.82, 2.24) is 68.3 Å². The number of primary amides is 1. The molecule has 0 aliphatic heterocycles. The molecule has 0 radical (unpaired) electrons. The van der Waals surface area contributed by atoms with Crippen LogP contribution >= 0.6 is 0 Å². The molecule has 0 saturated heterocycles. The molecule has 0 rings (SSSR count). The Hall–Kier alpha value is -9.50. The van der Waals surface area contributed by atoms with Gasteiger partial charge < -0.3 is 101 Å². The molecule has 0 aliphatic rings. The Morgan fingerprint density at radius 1 is 0.371 bits per heavy atom. The SMILES string of the molecule is CC(=O)N[C@@H](CN(CC(=O)O)CC(=O)O)C(=O)N[C@@H](C)C(=O)N[C@@H](C)C(=O)N[C@@H](C)C(=O)N[C@@H](C(=O)N[C@@H](C)C(=O)N[C@@H](C)C(=O)N[C@@H](C)C(=O)N[C@@H](C)C(=O)N[C@@H](CCC(=O)O)C(=O)N[C@@H](CCCCN)C(N)=O)C(=O)[C@@H](N)CN(CC(=O)O)CC(=O)O. The van der Waals surface area contributed by atoms with Crippen LogP contribution in [0, 0.1) is 0 Å². The number of aliphatic carboxylic acids is 5. The van der Waals surface area contributed by atoms with Crippen molar-refractivity contribution in [2.24, 2.45) is 17.2 Å². The van der Waals surface area contributed by atoms with Crippen molar-refractivity contribution in [2.75, 3.05) is 45.8 Å². The number of ketones is 1. The van der Waals surface area contributed by atoms with E-state index in [9.17, 15) is 112 Å². The number of nitrogens with two attached hydrogens (primary N) is 3. The Bertz CT molecular complexity index is 2590. The van der Waals surface area contributed by atoms with Gasteiger partial charge in [0, 0.05) is 26.4 Å². The zero-order chi connectivity index (χ0) is 68.7. The van der Waals surface area contributed by atoms with Crippen molar-refractivity contribution >= 4 is 107 Å². The molecular formula is C50H82N16O23. The van der Waals surface area contributed by atoms with Gasteiger partial charge in [-0.1, -0.05) is 0 Å². The Labute approximate surface area is 508 Å². The molecule has 0 unspecified atom stereocenters. The number of carbonyl (C=O) groups is 18. The Kier molecular flexibility index (Phi) is 35.1. The lowest BCUT2D eigenvalue weighted by Crippen LogP contribution is -2.63. The molecule has 0 aromatic heterocycles. The molecule has 39 heteroatoms. The first-order valence-corrected chi connectivity index (χ1v) is 27.3. The minimum atomic E-state index is -2.39. The molecule has 0 bridgehead atoms. The minimum absolute atomic E-state index is 0.0953. The van der Waals surface area contributed by atoms with Gasteiger partial charge in [0.15, 0.2) is 11.8 Å². The number of carboxylic acid groups (broad SMARTS) is 5. The average molecular weight is 1280 g/mol. The highest BCUT2D eigenvalue weighted by atomic mass is 16.4. The molecule has 0 spiro atoms. The molecule has 89 heavy (non-hydrogen) atoms. The van der Waals surface area contributed by atoms with Gasteiger partial charge in [-0.05, 0) is 80.7 Å². The second-order valence-electron chi connectivity index (χ2n) is 20.5. The van der Waals surface area contributed by atoms with E-state index in [4.69, 9.17) is 17.2 Å². The van der Waals surface area contributed by atoms with Crippen LogP contribution in [0.5, 0.6) is 0 Å². The molecule has 12 amide bonds. The van der Waals surface area contributed by atoms with E-state index in [1.54, 1.807) is 0 Å². The first kappa shape index (κ1) is 79.5. The van der Waals surface area contributed by atoms with Gasteiger partial charge in [0.05, 0.1) is 32.2 Å². The predicted molar refractivity (Wildman–Crippen MR) is 302 cm³/mol. The number of carboxylic acids is 5. The summed E-state index contributed by atoms with van der Waals surface area (Å²) in [6.07, 6.45) is -0.0479. The summed E-state index contributed by atoms with van der Waals surface area (Å²) < 4.78 is 0. The fraction of sp³-hybridized carbons (Fsp3) is 0.640. The van der Waals surface area contributed by atoms with E-state index < -0.39 is 231 Å². The fourth-order valence-corrected chi connectivity index (χ4v) is 7.59. The fourth-order valence-electron chi connectivity index (χ4n) is 7.59. The summed E-state index contributed by atoms with van der Waals surface area (Å²) in [6.45, 7) is 4.02. The molecule has 0 heterocycles. The topological polar surface area (TPSA) is 625 Å². The van der Waals surface area contributed by atoms with Crippen LogP contribution in [0.2, 0.25) is 0 Å². The number of unbranched alkanes of at least 4 members (excludes halogenated alkanes) is 1. The van der Waals surface area contributed by atoms with Gasteiger partial charge in [-0.25, -0.2) is 0 Å². The number of hydrogen-bond acceptors (Lipinski definition) is 22. The maximum Gasteiger partial charge on any atom is 0.317 e. The third kappa shape index (κ3) is 31.6. The van der Waals surface area contributed by atoms with Crippen molar-refractivity contribution < 1.29 is 112 Å². The highest BCUT2D eigenvalue weighted by Crippen LogP contribution is 2.06. The smallest absolute Gasteiger partial charge is 0.317 e. The third-order valence-corrected chi connectivity index (χ3v) is 12.4. The van der Waals surface area contributed by atoms with Gasteiger partial charge >= 0.3 is 29.8 Å². The van der Waals surface area contributed by atoms with Crippen molar-refractivity contribution in [3.63, 3.8) is 0 Å². The number of nitrogens with zero attached hydrogens (tertiary/aromatic N) is 2. The molecule has 500 valence electrons. The molecule has 39 nitrogen and oxygen atoms in total. The summed E-state index contributed by atoms with van der Waals surface area (Å²) in [4.78, 5) is 229. The Morgan fingerprint density at radius 2 is 0.685 bits per heavy atom. The zero-order valence-electron chi connectivity index (χ0n) is 50.1. The lowest BCUT2D eigenvalue weighted by molar-refractivity contribution is -0.144. The minimum Gasteiger partial charge on any atom is -0.481 e. The van der Waals surface area contributed by atoms with Crippen molar-refractivity contribution in [3.05, 3.63) is 0 Å². The summed E-state index contributed by atoms with van der Waals surface area (Å²) in [5, 5.41) is 70.7. The van der Waals surface area contributed by atoms with Crippen LogP contribution in [-0.4, -0.2) is 260 Å². The van der Waals surface area contributed by atoms with E-state index in [1.807, 2.05) is 5.32 Å². The van der Waals surface area contributed by atoms with Gasteiger partial charge in [0.25, 0.3) is 5.91 Å². The van der Waals surface area contributed by atoms with Crippen LogP contribution < -0.4 is 75.7 Å². The largest absolute Gasteiger partial charge is 0.481 e. The standard InChI is InChI=1S/C50H82N16O23/c1-21(41(80)54-22(2)42(81)57-26(6)46(85)63-31(12-13-33(68)69)48(87)62-30(40(53)79)11-9-10-14-51)56-45(84)25(5)60-50(89)38(39(78)29(52)15-65(17-34(70)71)18-35(72)73)64-47(86)27(7)58-43(82)23(3)55-44(83)24(4)59-49(88)32(61-28(8)67)16-66(19-36(74)75)20-37(76)77/h21-27,29-32,38H,9-20,51-52H2,1-8H3,(H2,53,79)(H,54,80)(H,55,83)(H,56,84)(H,57,81)(H,58,82)(H,59,88)(H,60,89)(H,61,67)(H,62,87)(H,63,85)(H,64,86)(H,68,69)(H,70,71)(H,72,73)(H,74,75)(H,76,77)/t21-,22-,23-,24-,25-,26-,27-,29-,30-,31-,32-,38+/m0/s1. The van der Waals surface area contributed by atoms with Crippen molar-refractivity contribution in [3.8, 4) is 0 Å². The molecule has 0 aromatic rings. The van der Waals surface area contributed by atoms with Gasteiger partial charge in [-0.2, -0.15) is 0 Å². The number of hydrogen-bond donors (Lipinski definition) is 19. The monoisotopic (exact) mass is 1270 g/mol. The maximum atomic E-state index is 13.9. The lowest BCUT2D eigenvalue weighted by atomic mass is 10.0. The molecular weight excluding hydrogens is 1190 g/mol. The lowest BCUT2D eigenvalue weighted by Gasteiger charge is -2.27. The highest BCUT2D eigenvalue weighted by molar-refractivity contribution is 6.11. The summed E-state index contributed by atoms with van der Waals surface area (Å²) in [5.74, 6) is -21.5. The van der Waals surface area contributed by atoms with Crippen molar-refractivity contribution in [1.29, 1.82) is 0 Å². The van der Waals surface area contributed by atoms with E-state index in [2.05, 4.69) is 53.2 Å². The summed E-state index contributed by atoms with van der Waals surface area (Å²) >= 11 is 0. The number of carbonyl (C=O) groups excluding carboxylic acids is 13. The van der Waals surface area contributed by atoms with E-state index >= 15 is 0 Å². The summed E-state index contributed by atoms with van der Waals surface area (Å²) in [7, 11) is 0. The van der Waals surface area contributed by atoms with Gasteiger partial charge in [-0.3, -0.25) is 96.1 Å². The van der Waals surface area contributed by atoms with Gasteiger partial charge in [0.1, 0.15) is 60.4 Å². The number of rotatable bonds is 43. The van der Waals surface area contributed by atoms with E-state index in [0.717, 1.165) is 46.4 Å². The van der Waals surface area contributed by atoms with Crippen LogP contribution in [0.4, 0.5) is 0 Å². The highest BCUT2D eigenvalue weighted by Gasteiger charge is 2.38. The molecule has 0 saturated carbocycles. The first-order valence-electron chi connectivity index (χ1n) is 27.3. The molecule has 22 N–H and O–H groups in total. The summed E-state index contributed by atoms with van der Waals surface area (Å²) in [6, 6.07) is -19.4. The van der Waals surface area contributed by atoms with E-state index in [0.29, 0.717) is 17.7 Å². The second-order valence-corrected chi connectivity index (χ2v) is 20.5. The Balaban J connectivity index is 6.22. The van der Waals surface area contributed by atoms with Crippen LogP contribution in [0.3, 0.4) is 0 Å².